The highest BCUT2D eigenvalue weighted by molar-refractivity contribution is 5.90. The molecule has 4 rings (SSSR count). The van der Waals surface area contributed by atoms with Crippen LogP contribution in [0.15, 0.2) is 66.9 Å². The number of hydrogen-bond acceptors (Lipinski definition) is 2. The minimum atomic E-state index is 0.668. The van der Waals surface area contributed by atoms with Crippen molar-refractivity contribution in [1.82, 2.24) is 4.98 Å². The maximum atomic E-state index is 9.69. The summed E-state index contributed by atoms with van der Waals surface area (Å²) >= 11 is 0. The topological polar surface area (TPSA) is 40.6 Å². The maximum absolute atomic E-state index is 9.69. The first-order valence-electron chi connectivity index (χ1n) is 7.45. The average Bonchev–Trinajstić information content (AvgIpc) is 2.61. The Labute approximate surface area is 134 Å². The Morgan fingerprint density at radius 2 is 1.74 bits per heavy atom. The van der Waals surface area contributed by atoms with Crippen molar-refractivity contribution < 1.29 is 4.57 Å². The van der Waals surface area contributed by atoms with Crippen molar-refractivity contribution in [2.24, 2.45) is 7.05 Å². The molecule has 2 aromatic carbocycles. The van der Waals surface area contributed by atoms with Crippen LogP contribution in [0.1, 0.15) is 5.56 Å². The smallest absolute Gasteiger partial charge is 0.213 e. The molecule has 0 aliphatic rings. The van der Waals surface area contributed by atoms with Crippen molar-refractivity contribution in [3.8, 4) is 17.3 Å². The van der Waals surface area contributed by atoms with Crippen LogP contribution in [-0.2, 0) is 7.05 Å². The molecule has 0 spiro atoms. The van der Waals surface area contributed by atoms with Gasteiger partial charge in [-0.05, 0) is 18.2 Å². The largest absolute Gasteiger partial charge is 0.248 e. The first-order chi connectivity index (χ1) is 11.3. The van der Waals surface area contributed by atoms with Crippen LogP contribution >= 0.6 is 0 Å². The van der Waals surface area contributed by atoms with Gasteiger partial charge in [-0.1, -0.05) is 36.4 Å². The van der Waals surface area contributed by atoms with Crippen molar-refractivity contribution in [2.75, 3.05) is 0 Å². The first-order valence-corrected chi connectivity index (χ1v) is 7.45. The number of para-hydroxylation sites is 2. The summed E-state index contributed by atoms with van der Waals surface area (Å²) in [7, 11) is 1.99. The van der Waals surface area contributed by atoms with Crippen molar-refractivity contribution in [2.45, 2.75) is 0 Å². The molecular weight excluding hydrogens is 282 g/mol. The Balaban J connectivity index is 2.06. The van der Waals surface area contributed by atoms with Gasteiger partial charge in [-0.2, -0.15) is 5.26 Å². The maximum Gasteiger partial charge on any atom is 0.213 e. The van der Waals surface area contributed by atoms with E-state index in [9.17, 15) is 5.26 Å². The molecular formula is C20H14N3+. The number of hydrogen-bond donors (Lipinski definition) is 0. The van der Waals surface area contributed by atoms with E-state index in [4.69, 9.17) is 4.98 Å². The lowest BCUT2D eigenvalue weighted by atomic mass is 10.0. The molecule has 3 heteroatoms. The molecule has 0 saturated heterocycles. The van der Waals surface area contributed by atoms with Crippen molar-refractivity contribution in [1.29, 1.82) is 5.26 Å². The van der Waals surface area contributed by atoms with Gasteiger partial charge in [0.05, 0.1) is 27.7 Å². The normalized spacial score (nSPS) is 10.8. The van der Waals surface area contributed by atoms with Crippen molar-refractivity contribution >= 4 is 21.8 Å². The lowest BCUT2D eigenvalue weighted by molar-refractivity contribution is -0.644. The van der Waals surface area contributed by atoms with Gasteiger partial charge >= 0.3 is 0 Å². The Morgan fingerprint density at radius 1 is 0.957 bits per heavy atom. The van der Waals surface area contributed by atoms with Crippen molar-refractivity contribution in [3.05, 3.63) is 72.4 Å². The van der Waals surface area contributed by atoms with Crippen LogP contribution in [-0.4, -0.2) is 4.98 Å². The molecule has 2 aromatic heterocycles. The van der Waals surface area contributed by atoms with Crippen LogP contribution in [0.4, 0.5) is 0 Å². The number of nitrogens with zero attached hydrogens (tertiary/aromatic N) is 3. The lowest BCUT2D eigenvalue weighted by Crippen LogP contribution is -2.29. The van der Waals surface area contributed by atoms with E-state index in [1.807, 2.05) is 78.5 Å². The fraction of sp³-hybridized carbons (Fsp3) is 0.0500. The van der Waals surface area contributed by atoms with E-state index in [2.05, 4.69) is 6.07 Å². The van der Waals surface area contributed by atoms with Crippen LogP contribution in [0.5, 0.6) is 0 Å². The van der Waals surface area contributed by atoms with E-state index in [0.717, 1.165) is 33.1 Å². The summed E-state index contributed by atoms with van der Waals surface area (Å²) in [6.45, 7) is 0. The molecule has 0 saturated carbocycles. The van der Waals surface area contributed by atoms with Gasteiger partial charge in [-0.15, -0.1) is 0 Å². The van der Waals surface area contributed by atoms with E-state index in [1.165, 1.54) is 0 Å². The van der Waals surface area contributed by atoms with Gasteiger partial charge in [0, 0.05) is 11.5 Å². The zero-order chi connectivity index (χ0) is 15.8. The van der Waals surface area contributed by atoms with E-state index < -0.39 is 0 Å². The van der Waals surface area contributed by atoms with Gasteiger partial charge in [0.1, 0.15) is 13.1 Å². The quantitative estimate of drug-likeness (QED) is 0.502. The second-order valence-corrected chi connectivity index (χ2v) is 5.55. The predicted molar refractivity (Wildman–Crippen MR) is 90.6 cm³/mol. The molecule has 2 heterocycles. The van der Waals surface area contributed by atoms with Crippen LogP contribution in [0.2, 0.25) is 0 Å². The Morgan fingerprint density at radius 3 is 2.61 bits per heavy atom. The summed E-state index contributed by atoms with van der Waals surface area (Å²) in [6, 6.07) is 22.3. The zero-order valence-corrected chi connectivity index (χ0v) is 12.7. The van der Waals surface area contributed by atoms with Gasteiger partial charge in [-0.3, -0.25) is 0 Å². The summed E-state index contributed by atoms with van der Waals surface area (Å²) < 4.78 is 2.04. The average molecular weight is 296 g/mol. The van der Waals surface area contributed by atoms with E-state index in [-0.39, 0.29) is 0 Å². The molecule has 0 aliphatic carbocycles. The number of fused-ring (bicyclic) bond motifs is 2. The molecule has 0 fully saturated rings. The minimum Gasteiger partial charge on any atom is -0.248 e. The van der Waals surface area contributed by atoms with E-state index in [0.29, 0.717) is 5.56 Å². The van der Waals surface area contributed by atoms with E-state index in [1.54, 1.807) is 0 Å². The zero-order valence-electron chi connectivity index (χ0n) is 12.7. The number of benzene rings is 2. The summed E-state index contributed by atoms with van der Waals surface area (Å²) in [6.07, 6.45) is 1.98. The van der Waals surface area contributed by atoms with Crippen LogP contribution in [0.3, 0.4) is 0 Å². The fourth-order valence-electron chi connectivity index (χ4n) is 3.00. The van der Waals surface area contributed by atoms with Crippen LogP contribution in [0, 0.1) is 11.3 Å². The van der Waals surface area contributed by atoms with Crippen LogP contribution < -0.4 is 4.57 Å². The summed E-state index contributed by atoms with van der Waals surface area (Å²) in [5.74, 6) is 0. The Hall–Kier alpha value is -3.25. The number of pyridine rings is 2. The molecule has 108 valence electrons. The SMILES string of the molecule is C[n+]1cc(-c2ccc3ccccc3n2)c(C#N)c2ccccc21. The molecule has 0 N–H and O–H groups in total. The highest BCUT2D eigenvalue weighted by atomic mass is 14.9. The molecule has 0 atom stereocenters. The fourth-order valence-corrected chi connectivity index (χ4v) is 3.00. The molecule has 0 amide bonds. The minimum absolute atomic E-state index is 0.668. The molecule has 0 bridgehead atoms. The van der Waals surface area contributed by atoms with E-state index >= 15 is 0 Å². The number of rotatable bonds is 1. The van der Waals surface area contributed by atoms with Crippen molar-refractivity contribution in [3.63, 3.8) is 0 Å². The van der Waals surface area contributed by atoms with Gasteiger partial charge < -0.3 is 0 Å². The number of nitriles is 1. The first kappa shape index (κ1) is 13.4. The monoisotopic (exact) mass is 296 g/mol. The summed E-state index contributed by atoms with van der Waals surface area (Å²) in [5.41, 5.74) is 4.32. The molecule has 0 aliphatic heterocycles. The Bertz CT molecular complexity index is 1090. The lowest BCUT2D eigenvalue weighted by Gasteiger charge is -2.07. The highest BCUT2D eigenvalue weighted by Crippen LogP contribution is 2.27. The Kier molecular flexibility index (Phi) is 3.03. The summed E-state index contributed by atoms with van der Waals surface area (Å²) in [5, 5.41) is 11.7. The summed E-state index contributed by atoms with van der Waals surface area (Å²) in [4.78, 5) is 4.74. The molecule has 23 heavy (non-hydrogen) atoms. The standard InChI is InChI=1S/C20H14N3/c1-23-13-17(16(12-21)15-7-3-5-9-20(15)23)19-11-10-14-6-2-4-8-18(14)22-19/h2-11,13H,1H3/q+1. The van der Waals surface area contributed by atoms with Gasteiger partial charge in [-0.25, -0.2) is 9.55 Å². The highest BCUT2D eigenvalue weighted by Gasteiger charge is 2.17. The molecule has 0 radical (unpaired) electrons. The second kappa shape index (κ2) is 5.19. The number of aromatic nitrogens is 2. The third kappa shape index (κ3) is 2.13. The van der Waals surface area contributed by atoms with Crippen LogP contribution in [0.25, 0.3) is 33.1 Å². The third-order valence-corrected chi connectivity index (χ3v) is 4.13. The third-order valence-electron chi connectivity index (χ3n) is 4.13. The molecule has 3 nitrogen and oxygen atoms in total. The van der Waals surface area contributed by atoms with Gasteiger partial charge in [0.2, 0.25) is 5.52 Å². The second-order valence-electron chi connectivity index (χ2n) is 5.55. The number of aryl methyl sites for hydroxylation is 1. The van der Waals surface area contributed by atoms with Gasteiger partial charge in [0.15, 0.2) is 6.20 Å². The molecule has 0 unspecified atom stereocenters. The predicted octanol–water partition coefficient (Wildman–Crippen LogP) is 3.75. The van der Waals surface area contributed by atoms with Gasteiger partial charge in [0.25, 0.3) is 0 Å². The molecule has 4 aromatic rings.